The Morgan fingerprint density at radius 2 is 1.88 bits per heavy atom. The Hall–Kier alpha value is -3.12. The zero-order chi connectivity index (χ0) is 18.9. The summed E-state index contributed by atoms with van der Waals surface area (Å²) in [7, 11) is 0. The molecule has 0 saturated heterocycles. The highest BCUT2D eigenvalue weighted by molar-refractivity contribution is 5.95. The molecule has 0 bridgehead atoms. The molecular weight excluding hydrogens is 332 g/mol. The summed E-state index contributed by atoms with van der Waals surface area (Å²) in [4.78, 5) is 22.7. The molecule has 2 rings (SSSR count). The van der Waals surface area contributed by atoms with Gasteiger partial charge in [-0.2, -0.15) is 0 Å². The maximum absolute atomic E-state index is 11.4. The summed E-state index contributed by atoms with van der Waals surface area (Å²) in [5.41, 5.74) is 9.47. The Labute approximate surface area is 152 Å². The first-order chi connectivity index (χ1) is 12.5. The number of nitrogen functional groups attached to an aromatic ring is 1. The van der Waals surface area contributed by atoms with E-state index in [1.807, 2.05) is 36.4 Å². The zero-order valence-electron chi connectivity index (χ0n) is 14.6. The van der Waals surface area contributed by atoms with Gasteiger partial charge in [0.2, 0.25) is 0 Å². The molecule has 0 radical (unpaired) electrons. The molecule has 0 amide bonds. The van der Waals surface area contributed by atoms with Crippen molar-refractivity contribution in [1.82, 2.24) is 5.32 Å². The monoisotopic (exact) mass is 354 g/mol. The van der Waals surface area contributed by atoms with Crippen LogP contribution in [0.1, 0.15) is 23.6 Å². The second-order valence-corrected chi connectivity index (χ2v) is 5.58. The van der Waals surface area contributed by atoms with Crippen molar-refractivity contribution >= 4 is 23.2 Å². The second-order valence-electron chi connectivity index (χ2n) is 5.58. The Morgan fingerprint density at radius 3 is 2.54 bits per heavy atom. The number of aliphatic carboxylic acids is 1. The van der Waals surface area contributed by atoms with Crippen LogP contribution in [-0.4, -0.2) is 30.2 Å². The third-order valence-electron chi connectivity index (χ3n) is 3.70. The number of carbonyl (C=O) groups excluding carboxylic acids is 1. The van der Waals surface area contributed by atoms with Gasteiger partial charge in [0.25, 0.3) is 0 Å². The van der Waals surface area contributed by atoms with E-state index in [-0.39, 0.29) is 12.5 Å². The van der Waals surface area contributed by atoms with Crippen LogP contribution in [0.15, 0.2) is 54.6 Å². The molecule has 136 valence electrons. The van der Waals surface area contributed by atoms with Crippen LogP contribution in [0.4, 0.5) is 5.69 Å². The minimum absolute atomic E-state index is 0.0774. The highest BCUT2D eigenvalue weighted by Crippen LogP contribution is 2.26. The van der Waals surface area contributed by atoms with E-state index in [0.717, 1.165) is 16.7 Å². The molecule has 2 aromatic rings. The van der Waals surface area contributed by atoms with Crippen LogP contribution >= 0.6 is 0 Å². The van der Waals surface area contributed by atoms with Gasteiger partial charge < -0.3 is 20.9 Å². The van der Waals surface area contributed by atoms with Crippen molar-refractivity contribution in [3.63, 3.8) is 0 Å². The van der Waals surface area contributed by atoms with E-state index in [1.54, 1.807) is 19.1 Å². The number of ether oxygens (including phenoxy) is 1. The number of esters is 1. The number of hydrogen-bond acceptors (Lipinski definition) is 5. The minimum Gasteiger partial charge on any atom is -0.478 e. The number of carbonyl (C=O) groups is 2. The highest BCUT2D eigenvalue weighted by Gasteiger charge is 2.10. The fourth-order valence-corrected chi connectivity index (χ4v) is 2.51. The third kappa shape index (κ3) is 5.46. The standard InChI is InChI=1S/C20H22N2O4/c1-2-26-20(25)13-22-12-16-10-15(8-9-18(16)21)17(11-19(23)24)14-6-4-3-5-7-14/h3-11,22H,2,12-13,21H2,1H3,(H,23,24)/b17-11+. The summed E-state index contributed by atoms with van der Waals surface area (Å²) in [6.45, 7) is 2.53. The number of benzene rings is 2. The Balaban J connectivity index is 2.25. The summed E-state index contributed by atoms with van der Waals surface area (Å²) in [6, 6.07) is 14.6. The fraction of sp³-hybridized carbons (Fsp3) is 0.200. The summed E-state index contributed by atoms with van der Waals surface area (Å²) in [6.07, 6.45) is 1.18. The van der Waals surface area contributed by atoms with Crippen LogP contribution < -0.4 is 11.1 Å². The van der Waals surface area contributed by atoms with E-state index in [1.165, 1.54) is 6.08 Å². The van der Waals surface area contributed by atoms with Crippen LogP contribution in [0.2, 0.25) is 0 Å². The summed E-state index contributed by atoms with van der Waals surface area (Å²) >= 11 is 0. The van der Waals surface area contributed by atoms with Crippen molar-refractivity contribution in [2.45, 2.75) is 13.5 Å². The number of nitrogens with two attached hydrogens (primary N) is 1. The number of hydrogen-bond donors (Lipinski definition) is 3. The molecule has 26 heavy (non-hydrogen) atoms. The van der Waals surface area contributed by atoms with Crippen LogP contribution in [0.25, 0.3) is 5.57 Å². The quantitative estimate of drug-likeness (QED) is 0.382. The van der Waals surface area contributed by atoms with E-state index in [9.17, 15) is 14.7 Å². The third-order valence-corrected chi connectivity index (χ3v) is 3.70. The summed E-state index contributed by atoms with van der Waals surface area (Å²) < 4.78 is 4.87. The van der Waals surface area contributed by atoms with Crippen LogP contribution in [-0.2, 0) is 20.9 Å². The van der Waals surface area contributed by atoms with Crippen molar-refractivity contribution in [3.05, 3.63) is 71.3 Å². The van der Waals surface area contributed by atoms with Crippen molar-refractivity contribution in [3.8, 4) is 0 Å². The predicted molar refractivity (Wildman–Crippen MR) is 100 cm³/mol. The van der Waals surface area contributed by atoms with Crippen molar-refractivity contribution in [1.29, 1.82) is 0 Å². The fourth-order valence-electron chi connectivity index (χ4n) is 2.51. The molecule has 0 saturated carbocycles. The zero-order valence-corrected chi connectivity index (χ0v) is 14.6. The van der Waals surface area contributed by atoms with Gasteiger partial charge in [-0.05, 0) is 41.3 Å². The van der Waals surface area contributed by atoms with Crippen molar-refractivity contribution in [2.75, 3.05) is 18.9 Å². The highest BCUT2D eigenvalue weighted by atomic mass is 16.5. The Morgan fingerprint density at radius 1 is 1.15 bits per heavy atom. The summed E-state index contributed by atoms with van der Waals surface area (Å²) in [5, 5.41) is 12.2. The lowest BCUT2D eigenvalue weighted by Gasteiger charge is -2.12. The molecule has 0 unspecified atom stereocenters. The Bertz CT molecular complexity index is 801. The number of carboxylic acid groups (broad SMARTS) is 1. The van der Waals surface area contributed by atoms with E-state index in [4.69, 9.17) is 10.5 Å². The number of carboxylic acids is 1. The van der Waals surface area contributed by atoms with Gasteiger partial charge in [-0.3, -0.25) is 4.79 Å². The van der Waals surface area contributed by atoms with E-state index in [0.29, 0.717) is 24.4 Å². The molecule has 0 heterocycles. The Kier molecular flexibility index (Phi) is 6.93. The summed E-state index contributed by atoms with van der Waals surface area (Å²) in [5.74, 6) is -1.36. The van der Waals surface area contributed by atoms with E-state index in [2.05, 4.69) is 5.32 Å². The first-order valence-corrected chi connectivity index (χ1v) is 8.26. The molecule has 6 nitrogen and oxygen atoms in total. The van der Waals surface area contributed by atoms with E-state index >= 15 is 0 Å². The first kappa shape index (κ1) is 19.2. The maximum Gasteiger partial charge on any atom is 0.328 e. The van der Waals surface area contributed by atoms with Gasteiger partial charge in [-0.1, -0.05) is 36.4 Å². The van der Waals surface area contributed by atoms with Crippen LogP contribution in [0, 0.1) is 0 Å². The number of nitrogens with one attached hydrogen (secondary N) is 1. The molecule has 0 aliphatic carbocycles. The van der Waals surface area contributed by atoms with E-state index < -0.39 is 5.97 Å². The van der Waals surface area contributed by atoms with Gasteiger partial charge in [-0.15, -0.1) is 0 Å². The lowest BCUT2D eigenvalue weighted by atomic mass is 9.95. The average Bonchev–Trinajstić information content (AvgIpc) is 2.62. The molecule has 0 aromatic heterocycles. The van der Waals surface area contributed by atoms with Crippen molar-refractivity contribution < 1.29 is 19.4 Å². The SMILES string of the molecule is CCOC(=O)CNCc1cc(/C(=C/C(=O)O)c2ccccc2)ccc1N. The van der Waals surface area contributed by atoms with Gasteiger partial charge in [0.05, 0.1) is 13.2 Å². The first-order valence-electron chi connectivity index (χ1n) is 8.26. The molecule has 4 N–H and O–H groups in total. The van der Waals surface area contributed by atoms with Gasteiger partial charge in [0.1, 0.15) is 0 Å². The predicted octanol–water partition coefficient (Wildman–Crippen LogP) is 2.44. The van der Waals surface area contributed by atoms with Crippen molar-refractivity contribution in [2.24, 2.45) is 0 Å². The maximum atomic E-state index is 11.4. The minimum atomic E-state index is -1.03. The topological polar surface area (TPSA) is 102 Å². The second kappa shape index (κ2) is 9.39. The normalized spacial score (nSPS) is 11.2. The van der Waals surface area contributed by atoms with Gasteiger partial charge in [0, 0.05) is 18.3 Å². The molecule has 0 aliphatic rings. The van der Waals surface area contributed by atoms with Crippen LogP contribution in [0.3, 0.4) is 0 Å². The molecule has 0 fully saturated rings. The van der Waals surface area contributed by atoms with Crippen LogP contribution in [0.5, 0.6) is 0 Å². The number of rotatable bonds is 8. The molecule has 6 heteroatoms. The molecule has 0 spiro atoms. The largest absolute Gasteiger partial charge is 0.478 e. The van der Waals surface area contributed by atoms with Gasteiger partial charge in [-0.25, -0.2) is 4.79 Å². The average molecular weight is 354 g/mol. The van der Waals surface area contributed by atoms with Gasteiger partial charge >= 0.3 is 11.9 Å². The lowest BCUT2D eigenvalue weighted by Crippen LogP contribution is -2.24. The lowest BCUT2D eigenvalue weighted by molar-refractivity contribution is -0.142. The smallest absolute Gasteiger partial charge is 0.328 e. The molecular formula is C20H22N2O4. The number of anilines is 1. The van der Waals surface area contributed by atoms with Gasteiger partial charge in [0.15, 0.2) is 0 Å². The molecule has 0 aliphatic heterocycles. The molecule has 2 aromatic carbocycles. The molecule has 0 atom stereocenters.